The fraction of sp³-hybridized carbons (Fsp3) is 0.312. The minimum atomic E-state index is -0.848. The molecule has 1 aromatic rings. The zero-order chi connectivity index (χ0) is 13.7. The lowest BCUT2D eigenvalue weighted by atomic mass is 9.87. The standard InChI is InChI=1S/C16H18O3/c1-18-16(19-2)11-7-6-10-14(16)12-15(17)13-8-4-3-5-9-13/h3-11,14H,12H2,1-2H3. The summed E-state index contributed by atoms with van der Waals surface area (Å²) in [5.41, 5.74) is 0.714. The summed E-state index contributed by atoms with van der Waals surface area (Å²) in [6, 6.07) is 9.28. The van der Waals surface area contributed by atoms with Crippen LogP contribution in [0.2, 0.25) is 0 Å². The molecule has 1 unspecified atom stereocenters. The van der Waals surface area contributed by atoms with Crippen molar-refractivity contribution >= 4 is 5.78 Å². The highest BCUT2D eigenvalue weighted by atomic mass is 16.7. The van der Waals surface area contributed by atoms with Crippen LogP contribution in [0, 0.1) is 5.92 Å². The molecule has 0 fully saturated rings. The second-order valence-corrected chi connectivity index (χ2v) is 4.47. The highest BCUT2D eigenvalue weighted by Gasteiger charge is 2.37. The normalized spacial score (nSPS) is 20.4. The van der Waals surface area contributed by atoms with Gasteiger partial charge in [0.2, 0.25) is 0 Å². The molecule has 1 atom stereocenters. The number of Topliss-reactive ketones (excluding diaryl/α,β-unsaturated/α-hetero) is 1. The van der Waals surface area contributed by atoms with Gasteiger partial charge < -0.3 is 9.47 Å². The number of benzene rings is 1. The molecule has 2 rings (SSSR count). The van der Waals surface area contributed by atoms with Crippen LogP contribution in [-0.4, -0.2) is 25.8 Å². The van der Waals surface area contributed by atoms with Crippen molar-refractivity contribution in [3.8, 4) is 0 Å². The van der Waals surface area contributed by atoms with E-state index in [0.29, 0.717) is 12.0 Å². The summed E-state index contributed by atoms with van der Waals surface area (Å²) in [6.07, 6.45) is 7.94. The van der Waals surface area contributed by atoms with Gasteiger partial charge in [-0.25, -0.2) is 0 Å². The highest BCUT2D eigenvalue weighted by molar-refractivity contribution is 5.96. The zero-order valence-electron chi connectivity index (χ0n) is 11.2. The summed E-state index contributed by atoms with van der Waals surface area (Å²) in [6.45, 7) is 0. The van der Waals surface area contributed by atoms with E-state index in [4.69, 9.17) is 9.47 Å². The van der Waals surface area contributed by atoms with E-state index in [1.54, 1.807) is 14.2 Å². The predicted octanol–water partition coefficient (Wildman–Crippen LogP) is 2.99. The number of hydrogen-bond donors (Lipinski definition) is 0. The largest absolute Gasteiger partial charge is 0.349 e. The number of ketones is 1. The molecule has 19 heavy (non-hydrogen) atoms. The Kier molecular flexibility index (Phi) is 4.30. The molecule has 0 saturated carbocycles. The predicted molar refractivity (Wildman–Crippen MR) is 73.9 cm³/mol. The Bertz CT molecular complexity index is 484. The molecule has 0 spiro atoms. The monoisotopic (exact) mass is 258 g/mol. The number of ether oxygens (including phenoxy) is 2. The Morgan fingerprint density at radius 2 is 1.84 bits per heavy atom. The second-order valence-electron chi connectivity index (χ2n) is 4.47. The summed E-state index contributed by atoms with van der Waals surface area (Å²) < 4.78 is 10.9. The molecule has 0 heterocycles. The molecule has 0 saturated heterocycles. The topological polar surface area (TPSA) is 35.5 Å². The maximum Gasteiger partial charge on any atom is 0.194 e. The maximum atomic E-state index is 12.3. The van der Waals surface area contributed by atoms with Crippen molar-refractivity contribution in [1.29, 1.82) is 0 Å². The Balaban J connectivity index is 2.16. The van der Waals surface area contributed by atoms with Crippen LogP contribution in [0.4, 0.5) is 0 Å². The lowest BCUT2D eigenvalue weighted by molar-refractivity contribution is -0.194. The van der Waals surface area contributed by atoms with Gasteiger partial charge in [-0.05, 0) is 6.08 Å². The molecule has 0 amide bonds. The minimum absolute atomic E-state index is 0.0871. The summed E-state index contributed by atoms with van der Waals surface area (Å²) in [7, 11) is 3.18. The van der Waals surface area contributed by atoms with Gasteiger partial charge in [0.15, 0.2) is 11.6 Å². The fourth-order valence-electron chi connectivity index (χ4n) is 2.32. The van der Waals surface area contributed by atoms with Crippen LogP contribution in [-0.2, 0) is 9.47 Å². The summed E-state index contributed by atoms with van der Waals surface area (Å²) >= 11 is 0. The van der Waals surface area contributed by atoms with E-state index in [1.807, 2.05) is 54.6 Å². The first-order valence-corrected chi connectivity index (χ1v) is 6.26. The number of rotatable bonds is 5. The van der Waals surface area contributed by atoms with Gasteiger partial charge in [-0.3, -0.25) is 4.79 Å². The third-order valence-corrected chi connectivity index (χ3v) is 3.44. The van der Waals surface area contributed by atoms with Crippen LogP contribution < -0.4 is 0 Å². The SMILES string of the molecule is COC1(OC)C=CC=CC1CC(=O)c1ccccc1. The molecule has 0 N–H and O–H groups in total. The van der Waals surface area contributed by atoms with Crippen molar-refractivity contribution in [2.75, 3.05) is 14.2 Å². The van der Waals surface area contributed by atoms with E-state index in [-0.39, 0.29) is 11.7 Å². The van der Waals surface area contributed by atoms with Gasteiger partial charge in [-0.15, -0.1) is 0 Å². The molecule has 0 aliphatic heterocycles. The van der Waals surface area contributed by atoms with E-state index in [0.717, 1.165) is 0 Å². The molecule has 0 radical (unpaired) electrons. The molecule has 0 aromatic heterocycles. The van der Waals surface area contributed by atoms with Gasteiger partial charge in [0.1, 0.15) is 0 Å². The zero-order valence-corrected chi connectivity index (χ0v) is 11.2. The summed E-state index contributed by atoms with van der Waals surface area (Å²) in [4.78, 5) is 12.3. The molecule has 1 aliphatic carbocycles. The van der Waals surface area contributed by atoms with Crippen LogP contribution >= 0.6 is 0 Å². The van der Waals surface area contributed by atoms with Gasteiger partial charge >= 0.3 is 0 Å². The van der Waals surface area contributed by atoms with Crippen molar-refractivity contribution < 1.29 is 14.3 Å². The van der Waals surface area contributed by atoms with Crippen LogP contribution in [0.15, 0.2) is 54.6 Å². The summed E-state index contributed by atoms with van der Waals surface area (Å²) in [5.74, 6) is -0.886. The van der Waals surface area contributed by atoms with Crippen molar-refractivity contribution in [2.24, 2.45) is 5.92 Å². The highest BCUT2D eigenvalue weighted by Crippen LogP contribution is 2.32. The van der Waals surface area contributed by atoms with Gasteiger partial charge in [-0.2, -0.15) is 0 Å². The van der Waals surface area contributed by atoms with Gasteiger partial charge in [-0.1, -0.05) is 48.6 Å². The molecule has 0 bridgehead atoms. The lowest BCUT2D eigenvalue weighted by Crippen LogP contribution is -2.41. The molecule has 100 valence electrons. The average molecular weight is 258 g/mol. The van der Waals surface area contributed by atoms with Crippen LogP contribution in [0.3, 0.4) is 0 Å². The Morgan fingerprint density at radius 3 is 2.47 bits per heavy atom. The van der Waals surface area contributed by atoms with Gasteiger partial charge in [0, 0.05) is 32.1 Å². The smallest absolute Gasteiger partial charge is 0.194 e. The molecule has 1 aromatic carbocycles. The van der Waals surface area contributed by atoms with Crippen molar-refractivity contribution in [3.05, 3.63) is 60.2 Å². The van der Waals surface area contributed by atoms with Crippen LogP contribution in [0.1, 0.15) is 16.8 Å². The Labute approximate surface area is 113 Å². The number of methoxy groups -OCH3 is 2. The molecular formula is C16H18O3. The van der Waals surface area contributed by atoms with E-state index in [9.17, 15) is 4.79 Å². The van der Waals surface area contributed by atoms with Crippen LogP contribution in [0.25, 0.3) is 0 Å². The van der Waals surface area contributed by atoms with Gasteiger partial charge in [0.25, 0.3) is 0 Å². The quantitative estimate of drug-likeness (QED) is 0.601. The maximum absolute atomic E-state index is 12.3. The average Bonchev–Trinajstić information content (AvgIpc) is 2.49. The second kappa shape index (κ2) is 5.95. The first kappa shape index (κ1) is 13.7. The van der Waals surface area contributed by atoms with E-state index < -0.39 is 5.79 Å². The number of hydrogen-bond acceptors (Lipinski definition) is 3. The van der Waals surface area contributed by atoms with Crippen LogP contribution in [0.5, 0.6) is 0 Å². The van der Waals surface area contributed by atoms with Crippen molar-refractivity contribution in [1.82, 2.24) is 0 Å². The Hall–Kier alpha value is -1.71. The number of allylic oxidation sites excluding steroid dienone is 2. The van der Waals surface area contributed by atoms with E-state index in [1.165, 1.54) is 0 Å². The molecule has 1 aliphatic rings. The van der Waals surface area contributed by atoms with E-state index in [2.05, 4.69) is 0 Å². The first-order chi connectivity index (χ1) is 9.22. The van der Waals surface area contributed by atoms with Gasteiger partial charge in [0.05, 0.1) is 0 Å². The number of carbonyl (C=O) groups excluding carboxylic acids is 1. The minimum Gasteiger partial charge on any atom is -0.349 e. The lowest BCUT2D eigenvalue weighted by Gasteiger charge is -2.35. The fourth-order valence-corrected chi connectivity index (χ4v) is 2.32. The third kappa shape index (κ3) is 2.83. The summed E-state index contributed by atoms with van der Waals surface area (Å²) in [5, 5.41) is 0. The van der Waals surface area contributed by atoms with Crippen molar-refractivity contribution in [2.45, 2.75) is 12.2 Å². The molecular weight excluding hydrogens is 240 g/mol. The Morgan fingerprint density at radius 1 is 1.16 bits per heavy atom. The van der Waals surface area contributed by atoms with Crippen molar-refractivity contribution in [3.63, 3.8) is 0 Å². The number of carbonyl (C=O) groups is 1. The third-order valence-electron chi connectivity index (χ3n) is 3.44. The molecule has 3 nitrogen and oxygen atoms in total. The van der Waals surface area contributed by atoms with E-state index >= 15 is 0 Å². The first-order valence-electron chi connectivity index (χ1n) is 6.26. The molecule has 3 heteroatoms.